The summed E-state index contributed by atoms with van der Waals surface area (Å²) in [6.45, 7) is 1.56. The maximum atomic E-state index is 12.1. The highest BCUT2D eigenvalue weighted by atomic mass is 79.9. The molecule has 0 aliphatic carbocycles. The minimum atomic E-state index is -3.84. The zero-order valence-corrected chi connectivity index (χ0v) is 12.5. The number of sulfonamides is 1. The third kappa shape index (κ3) is 2.80. The van der Waals surface area contributed by atoms with Crippen LogP contribution < -0.4 is 4.72 Å². The van der Waals surface area contributed by atoms with Gasteiger partial charge in [0.1, 0.15) is 4.90 Å². The van der Waals surface area contributed by atoms with E-state index in [9.17, 15) is 18.5 Å². The van der Waals surface area contributed by atoms with Crippen LogP contribution in [0.25, 0.3) is 0 Å². The molecule has 0 saturated heterocycles. The van der Waals surface area contributed by atoms with Crippen molar-refractivity contribution in [3.63, 3.8) is 0 Å². The van der Waals surface area contributed by atoms with Gasteiger partial charge in [-0.3, -0.25) is 19.9 Å². The van der Waals surface area contributed by atoms with E-state index in [0.717, 1.165) is 6.07 Å². The second kappa shape index (κ2) is 5.21. The average molecular weight is 361 g/mol. The Morgan fingerprint density at radius 1 is 1.45 bits per heavy atom. The van der Waals surface area contributed by atoms with Crippen LogP contribution in [-0.4, -0.2) is 23.5 Å². The van der Waals surface area contributed by atoms with Crippen molar-refractivity contribution in [3.05, 3.63) is 44.7 Å². The predicted octanol–water partition coefficient (Wildman–Crippen LogP) is 2.19. The molecule has 0 fully saturated rings. The largest absolute Gasteiger partial charge is 0.285 e. The lowest BCUT2D eigenvalue weighted by molar-refractivity contribution is -0.385. The Morgan fingerprint density at radius 2 is 2.15 bits per heavy atom. The minimum Gasteiger partial charge on any atom is -0.281 e. The first-order chi connectivity index (χ1) is 9.31. The topological polar surface area (TPSA) is 118 Å². The molecule has 1 aromatic carbocycles. The van der Waals surface area contributed by atoms with Gasteiger partial charge in [0.25, 0.3) is 15.7 Å². The maximum Gasteiger partial charge on any atom is 0.285 e. The van der Waals surface area contributed by atoms with Crippen molar-refractivity contribution in [2.24, 2.45) is 0 Å². The van der Waals surface area contributed by atoms with Crippen molar-refractivity contribution >= 4 is 37.3 Å². The fraction of sp³-hybridized carbons (Fsp3) is 0.100. The molecule has 0 bridgehead atoms. The molecule has 0 radical (unpaired) electrons. The molecular formula is C10H9BrN4O4S. The molecule has 0 saturated carbocycles. The lowest BCUT2D eigenvalue weighted by Gasteiger charge is -2.07. The summed E-state index contributed by atoms with van der Waals surface area (Å²) in [5.74, 6) is 0. The Kier molecular flexibility index (Phi) is 3.77. The quantitative estimate of drug-likeness (QED) is 0.639. The number of nitro groups is 1. The molecular weight excluding hydrogens is 352 g/mol. The molecule has 8 nitrogen and oxygen atoms in total. The first-order valence-corrected chi connectivity index (χ1v) is 7.55. The van der Waals surface area contributed by atoms with Crippen LogP contribution in [0.4, 0.5) is 11.4 Å². The van der Waals surface area contributed by atoms with Crippen LogP contribution in [0.2, 0.25) is 0 Å². The van der Waals surface area contributed by atoms with Crippen molar-refractivity contribution in [3.8, 4) is 0 Å². The van der Waals surface area contributed by atoms with E-state index in [1.54, 1.807) is 6.92 Å². The van der Waals surface area contributed by atoms with Gasteiger partial charge in [-0.05, 0) is 35.0 Å². The Hall–Kier alpha value is -1.94. The zero-order chi connectivity index (χ0) is 14.9. The molecule has 0 aliphatic heterocycles. The van der Waals surface area contributed by atoms with Gasteiger partial charge >= 0.3 is 0 Å². The Morgan fingerprint density at radius 3 is 2.70 bits per heavy atom. The third-order valence-corrected chi connectivity index (χ3v) is 4.63. The smallest absolute Gasteiger partial charge is 0.281 e. The number of aromatic amines is 1. The van der Waals surface area contributed by atoms with Gasteiger partial charge in [-0.1, -0.05) is 0 Å². The van der Waals surface area contributed by atoms with E-state index >= 15 is 0 Å². The van der Waals surface area contributed by atoms with Crippen LogP contribution >= 0.6 is 15.9 Å². The van der Waals surface area contributed by atoms with E-state index in [1.165, 1.54) is 18.3 Å². The van der Waals surface area contributed by atoms with E-state index < -0.39 is 14.9 Å². The van der Waals surface area contributed by atoms with Gasteiger partial charge in [-0.2, -0.15) is 5.10 Å². The highest BCUT2D eigenvalue weighted by Gasteiger charge is 2.20. The Balaban J connectivity index is 2.38. The first kappa shape index (κ1) is 14.5. The molecule has 10 heteroatoms. The molecule has 2 rings (SSSR count). The number of halogens is 1. The molecule has 2 aromatic rings. The van der Waals surface area contributed by atoms with Crippen molar-refractivity contribution < 1.29 is 13.3 Å². The predicted molar refractivity (Wildman–Crippen MR) is 74.9 cm³/mol. The summed E-state index contributed by atoms with van der Waals surface area (Å²) in [5.41, 5.74) is 0.249. The molecule has 0 atom stereocenters. The fourth-order valence-corrected chi connectivity index (χ4v) is 3.12. The van der Waals surface area contributed by atoms with Crippen LogP contribution in [0.15, 0.2) is 33.8 Å². The van der Waals surface area contributed by atoms with Crippen molar-refractivity contribution in [1.29, 1.82) is 0 Å². The minimum absolute atomic E-state index is 0.0110. The van der Waals surface area contributed by atoms with Crippen molar-refractivity contribution in [2.75, 3.05) is 4.72 Å². The number of nitrogens with one attached hydrogen (secondary N) is 2. The van der Waals surface area contributed by atoms with E-state index in [4.69, 9.17) is 0 Å². The molecule has 2 N–H and O–H groups in total. The van der Waals surface area contributed by atoms with Gasteiger partial charge in [-0.15, -0.1) is 0 Å². The van der Waals surface area contributed by atoms with Gasteiger partial charge in [0, 0.05) is 6.07 Å². The molecule has 1 heterocycles. The number of aromatic nitrogens is 2. The van der Waals surface area contributed by atoms with Crippen molar-refractivity contribution in [1.82, 2.24) is 10.2 Å². The van der Waals surface area contributed by atoms with Gasteiger partial charge in [0.2, 0.25) is 0 Å². The highest BCUT2D eigenvalue weighted by Crippen LogP contribution is 2.29. The monoisotopic (exact) mass is 360 g/mol. The van der Waals surface area contributed by atoms with Gasteiger partial charge in [0.15, 0.2) is 0 Å². The second-order valence-corrected chi connectivity index (χ2v) is 6.39. The first-order valence-electron chi connectivity index (χ1n) is 5.28. The molecule has 0 unspecified atom stereocenters. The summed E-state index contributed by atoms with van der Waals surface area (Å²) >= 11 is 3.03. The standard InChI is InChI=1S/C10H9BrN4O4S/c1-6-10(5-12-13-6)20(18,19)14-7-2-3-8(11)9(4-7)15(16)17/h2-5,14H,1H3,(H,12,13). The van der Waals surface area contributed by atoms with Crippen LogP contribution in [0.3, 0.4) is 0 Å². The van der Waals surface area contributed by atoms with Crippen LogP contribution in [0, 0.1) is 17.0 Å². The zero-order valence-electron chi connectivity index (χ0n) is 10.1. The fourth-order valence-electron chi connectivity index (χ4n) is 1.54. The number of nitrogens with zero attached hydrogens (tertiary/aromatic N) is 2. The summed E-state index contributed by atoms with van der Waals surface area (Å²) in [6.07, 6.45) is 1.17. The number of aryl methyl sites for hydroxylation is 1. The number of H-pyrrole nitrogens is 1. The highest BCUT2D eigenvalue weighted by molar-refractivity contribution is 9.10. The lowest BCUT2D eigenvalue weighted by atomic mass is 10.3. The van der Waals surface area contributed by atoms with Crippen LogP contribution in [-0.2, 0) is 10.0 Å². The third-order valence-electron chi connectivity index (χ3n) is 2.47. The van der Waals surface area contributed by atoms with Crippen molar-refractivity contribution in [2.45, 2.75) is 11.8 Å². The molecule has 0 spiro atoms. The van der Waals surface area contributed by atoms with E-state index in [0.29, 0.717) is 5.69 Å². The normalized spacial score (nSPS) is 11.3. The SMILES string of the molecule is Cc1[nH]ncc1S(=O)(=O)Nc1ccc(Br)c([N+](=O)[O-])c1. The molecule has 20 heavy (non-hydrogen) atoms. The van der Waals surface area contributed by atoms with Crippen LogP contribution in [0.1, 0.15) is 5.69 Å². The molecule has 0 aliphatic rings. The summed E-state index contributed by atoms with van der Waals surface area (Å²) < 4.78 is 26.7. The molecule has 0 amide bonds. The summed E-state index contributed by atoms with van der Waals surface area (Å²) in [4.78, 5) is 10.2. The van der Waals surface area contributed by atoms with E-state index in [2.05, 4.69) is 30.8 Å². The number of anilines is 1. The number of benzene rings is 1. The van der Waals surface area contributed by atoms with Gasteiger partial charge in [0.05, 0.1) is 27.0 Å². The lowest BCUT2D eigenvalue weighted by Crippen LogP contribution is -2.13. The Labute approximate surface area is 122 Å². The number of nitro benzene ring substituents is 1. The number of rotatable bonds is 4. The van der Waals surface area contributed by atoms with E-state index in [-0.39, 0.29) is 20.7 Å². The summed E-state index contributed by atoms with van der Waals surface area (Å²) in [6, 6.07) is 3.96. The maximum absolute atomic E-state index is 12.1. The summed E-state index contributed by atoms with van der Waals surface area (Å²) in [5, 5.41) is 16.9. The number of hydrogen-bond acceptors (Lipinski definition) is 5. The Bertz CT molecular complexity index is 771. The average Bonchev–Trinajstić information content (AvgIpc) is 2.78. The number of hydrogen-bond donors (Lipinski definition) is 2. The van der Waals surface area contributed by atoms with Gasteiger partial charge < -0.3 is 0 Å². The molecule has 106 valence electrons. The van der Waals surface area contributed by atoms with Gasteiger partial charge in [-0.25, -0.2) is 8.42 Å². The van der Waals surface area contributed by atoms with E-state index in [1.807, 2.05) is 0 Å². The van der Waals surface area contributed by atoms with Crippen LogP contribution in [0.5, 0.6) is 0 Å². The summed E-state index contributed by atoms with van der Waals surface area (Å²) in [7, 11) is -3.84. The molecule has 1 aromatic heterocycles. The second-order valence-electron chi connectivity index (χ2n) is 3.89.